The summed E-state index contributed by atoms with van der Waals surface area (Å²) in [4.78, 5) is 11.3. The van der Waals surface area contributed by atoms with Gasteiger partial charge < -0.3 is 10.1 Å². The molecule has 0 radical (unpaired) electrons. The van der Waals surface area contributed by atoms with Crippen molar-refractivity contribution >= 4 is 5.91 Å². The predicted octanol–water partition coefficient (Wildman–Crippen LogP) is 1.98. The molecule has 0 atom stereocenters. The maximum Gasteiger partial charge on any atom is 0.220 e. The molecule has 1 aromatic rings. The third kappa shape index (κ3) is 3.80. The van der Waals surface area contributed by atoms with E-state index in [1.54, 1.807) is 25.3 Å². The third-order valence-corrected chi connectivity index (χ3v) is 2.37. The smallest absolute Gasteiger partial charge is 0.220 e. The van der Waals surface area contributed by atoms with Crippen LogP contribution in [-0.2, 0) is 11.3 Å². The molecule has 4 heteroatoms. The molecule has 0 bridgehead atoms. The monoisotopic (exact) mass is 232 g/mol. The maximum absolute atomic E-state index is 11.3. The maximum atomic E-state index is 11.3. The lowest BCUT2D eigenvalue weighted by Gasteiger charge is -2.09. The van der Waals surface area contributed by atoms with Crippen LogP contribution in [0.4, 0.5) is 0 Å². The van der Waals surface area contributed by atoms with Gasteiger partial charge in [-0.25, -0.2) is 0 Å². The van der Waals surface area contributed by atoms with E-state index < -0.39 is 0 Å². The number of hydrogen-bond donors (Lipinski definition) is 1. The fourth-order valence-electron chi connectivity index (χ4n) is 1.47. The van der Waals surface area contributed by atoms with Crippen molar-refractivity contribution in [1.82, 2.24) is 5.32 Å². The number of carbonyl (C=O) groups is 1. The fourth-order valence-corrected chi connectivity index (χ4v) is 1.47. The first-order chi connectivity index (χ1) is 8.21. The van der Waals surface area contributed by atoms with Gasteiger partial charge in [0.2, 0.25) is 5.91 Å². The molecule has 0 aliphatic rings. The fraction of sp³-hybridized carbons (Fsp3) is 0.385. The summed E-state index contributed by atoms with van der Waals surface area (Å²) in [6.07, 6.45) is 1.36. The second-order valence-electron chi connectivity index (χ2n) is 3.67. The number of nitrogens with zero attached hydrogens (tertiary/aromatic N) is 1. The highest BCUT2D eigenvalue weighted by molar-refractivity contribution is 5.75. The quantitative estimate of drug-likeness (QED) is 0.844. The van der Waals surface area contributed by atoms with E-state index in [9.17, 15) is 4.79 Å². The molecule has 0 unspecified atom stereocenters. The van der Waals surface area contributed by atoms with Crippen molar-refractivity contribution < 1.29 is 9.53 Å². The van der Waals surface area contributed by atoms with Crippen molar-refractivity contribution in [3.8, 4) is 11.8 Å². The van der Waals surface area contributed by atoms with E-state index in [2.05, 4.69) is 5.32 Å². The lowest BCUT2D eigenvalue weighted by molar-refractivity contribution is -0.121. The summed E-state index contributed by atoms with van der Waals surface area (Å²) in [5, 5.41) is 11.6. The largest absolute Gasteiger partial charge is 0.496 e. The van der Waals surface area contributed by atoms with Crippen molar-refractivity contribution in [3.05, 3.63) is 29.3 Å². The molecule has 0 aliphatic carbocycles. The molecule has 1 N–H and O–H groups in total. The summed E-state index contributed by atoms with van der Waals surface area (Å²) in [7, 11) is 1.55. The second kappa shape index (κ2) is 6.54. The first kappa shape index (κ1) is 13.0. The van der Waals surface area contributed by atoms with Gasteiger partial charge in [-0.15, -0.1) is 0 Å². The summed E-state index contributed by atoms with van der Waals surface area (Å²) in [6, 6.07) is 7.22. The van der Waals surface area contributed by atoms with Crippen LogP contribution in [0.1, 0.15) is 30.9 Å². The van der Waals surface area contributed by atoms with Crippen LogP contribution in [0, 0.1) is 11.3 Å². The predicted molar refractivity (Wildman–Crippen MR) is 64.5 cm³/mol. The summed E-state index contributed by atoms with van der Waals surface area (Å²) in [5.74, 6) is 0.653. The lowest BCUT2D eigenvalue weighted by Crippen LogP contribution is -2.22. The van der Waals surface area contributed by atoms with Gasteiger partial charge in [0.1, 0.15) is 5.75 Å². The third-order valence-electron chi connectivity index (χ3n) is 2.37. The van der Waals surface area contributed by atoms with Crippen molar-refractivity contribution in [2.75, 3.05) is 7.11 Å². The van der Waals surface area contributed by atoms with Crippen LogP contribution < -0.4 is 10.1 Å². The summed E-state index contributed by atoms with van der Waals surface area (Å²) in [5.41, 5.74) is 1.42. The minimum absolute atomic E-state index is 0.0268. The topological polar surface area (TPSA) is 62.1 Å². The Morgan fingerprint density at radius 1 is 1.53 bits per heavy atom. The molecule has 1 rings (SSSR count). The van der Waals surface area contributed by atoms with E-state index >= 15 is 0 Å². The van der Waals surface area contributed by atoms with E-state index in [1.165, 1.54) is 0 Å². The molecule has 0 spiro atoms. The van der Waals surface area contributed by atoms with E-state index in [4.69, 9.17) is 10.00 Å². The summed E-state index contributed by atoms with van der Waals surface area (Å²) < 4.78 is 5.18. The van der Waals surface area contributed by atoms with Crippen LogP contribution in [0.3, 0.4) is 0 Å². The first-order valence-corrected chi connectivity index (χ1v) is 5.55. The summed E-state index contributed by atoms with van der Waals surface area (Å²) in [6.45, 7) is 2.38. The number of ether oxygens (including phenoxy) is 1. The molecule has 1 aromatic carbocycles. The van der Waals surface area contributed by atoms with Gasteiger partial charge in [0.15, 0.2) is 0 Å². The Kier molecular flexibility index (Phi) is 5.02. The molecular weight excluding hydrogens is 216 g/mol. The molecule has 1 amide bonds. The number of nitrogens with one attached hydrogen (secondary N) is 1. The van der Waals surface area contributed by atoms with Crippen LogP contribution in [0.5, 0.6) is 5.75 Å². The first-order valence-electron chi connectivity index (χ1n) is 5.55. The minimum atomic E-state index is 0.0268. The number of amides is 1. The highest BCUT2D eigenvalue weighted by atomic mass is 16.5. The molecule has 4 nitrogen and oxygen atoms in total. The van der Waals surface area contributed by atoms with Crippen LogP contribution in [-0.4, -0.2) is 13.0 Å². The van der Waals surface area contributed by atoms with Crippen LogP contribution in [0.25, 0.3) is 0 Å². The molecule has 0 saturated carbocycles. The molecule has 0 fully saturated rings. The Balaban J connectivity index is 2.71. The Bertz CT molecular complexity index is 436. The van der Waals surface area contributed by atoms with Crippen LogP contribution in [0.2, 0.25) is 0 Å². The van der Waals surface area contributed by atoms with Gasteiger partial charge in [-0.3, -0.25) is 4.79 Å². The number of benzene rings is 1. The van der Waals surface area contributed by atoms with Gasteiger partial charge in [0.05, 0.1) is 18.7 Å². The molecule has 90 valence electrons. The Hall–Kier alpha value is -2.02. The molecule has 0 aliphatic heterocycles. The van der Waals surface area contributed by atoms with E-state index in [0.29, 0.717) is 24.3 Å². The standard InChI is InChI=1S/C13H16N2O2/c1-3-4-13(16)15-9-11-6-5-10(8-14)7-12(11)17-2/h5-7H,3-4,9H2,1-2H3,(H,15,16). The molecule has 17 heavy (non-hydrogen) atoms. The van der Waals surface area contributed by atoms with E-state index in [0.717, 1.165) is 12.0 Å². The second-order valence-corrected chi connectivity index (χ2v) is 3.67. The highest BCUT2D eigenvalue weighted by Crippen LogP contribution is 2.19. The van der Waals surface area contributed by atoms with Crippen molar-refractivity contribution in [3.63, 3.8) is 0 Å². The molecule has 0 saturated heterocycles. The molecule has 0 heterocycles. The zero-order valence-electron chi connectivity index (χ0n) is 10.1. The zero-order valence-corrected chi connectivity index (χ0v) is 10.1. The van der Waals surface area contributed by atoms with Gasteiger partial charge in [0, 0.05) is 18.5 Å². The molecular formula is C13H16N2O2. The number of methoxy groups -OCH3 is 1. The van der Waals surface area contributed by atoms with Crippen molar-refractivity contribution in [2.45, 2.75) is 26.3 Å². The number of carbonyl (C=O) groups excluding carboxylic acids is 1. The SMILES string of the molecule is CCCC(=O)NCc1ccc(C#N)cc1OC. The van der Waals surface area contributed by atoms with Gasteiger partial charge >= 0.3 is 0 Å². The number of nitriles is 1. The Morgan fingerprint density at radius 3 is 2.88 bits per heavy atom. The number of hydrogen-bond acceptors (Lipinski definition) is 3. The average Bonchev–Trinajstić information content (AvgIpc) is 2.36. The normalized spacial score (nSPS) is 9.47. The Morgan fingerprint density at radius 2 is 2.29 bits per heavy atom. The van der Waals surface area contributed by atoms with Crippen LogP contribution in [0.15, 0.2) is 18.2 Å². The highest BCUT2D eigenvalue weighted by Gasteiger charge is 2.06. The molecule has 0 aromatic heterocycles. The van der Waals surface area contributed by atoms with Gasteiger partial charge in [-0.1, -0.05) is 13.0 Å². The van der Waals surface area contributed by atoms with Gasteiger partial charge in [0.25, 0.3) is 0 Å². The average molecular weight is 232 g/mol. The van der Waals surface area contributed by atoms with Crippen molar-refractivity contribution in [1.29, 1.82) is 5.26 Å². The zero-order chi connectivity index (χ0) is 12.7. The van der Waals surface area contributed by atoms with Crippen LogP contribution >= 0.6 is 0 Å². The lowest BCUT2D eigenvalue weighted by atomic mass is 10.1. The van der Waals surface area contributed by atoms with E-state index in [-0.39, 0.29) is 5.91 Å². The Labute approximate surface area is 101 Å². The van der Waals surface area contributed by atoms with Gasteiger partial charge in [-0.05, 0) is 18.6 Å². The number of rotatable bonds is 5. The minimum Gasteiger partial charge on any atom is -0.496 e. The summed E-state index contributed by atoms with van der Waals surface area (Å²) >= 11 is 0. The van der Waals surface area contributed by atoms with Crippen molar-refractivity contribution in [2.24, 2.45) is 0 Å². The van der Waals surface area contributed by atoms with E-state index in [1.807, 2.05) is 13.0 Å². The van der Waals surface area contributed by atoms with Gasteiger partial charge in [-0.2, -0.15) is 5.26 Å².